The SMILES string of the molecule is O=C(NCCc1csc2nc(-c3ccccc3F)nn12)c1cnn(-c2ccccc2)n1. The Labute approximate surface area is 180 Å². The lowest BCUT2D eigenvalue weighted by Gasteiger charge is -2.02. The van der Waals surface area contributed by atoms with Crippen molar-refractivity contribution in [2.75, 3.05) is 6.54 Å². The van der Waals surface area contributed by atoms with Crippen molar-refractivity contribution in [3.8, 4) is 17.1 Å². The molecule has 0 unspecified atom stereocenters. The van der Waals surface area contributed by atoms with E-state index in [9.17, 15) is 9.18 Å². The van der Waals surface area contributed by atoms with E-state index in [0.717, 1.165) is 11.4 Å². The zero-order valence-corrected chi connectivity index (χ0v) is 17.0. The van der Waals surface area contributed by atoms with Crippen LogP contribution in [0.25, 0.3) is 22.0 Å². The van der Waals surface area contributed by atoms with Crippen molar-refractivity contribution in [1.29, 1.82) is 0 Å². The molecule has 0 fully saturated rings. The van der Waals surface area contributed by atoms with Gasteiger partial charge in [0, 0.05) is 18.3 Å². The molecule has 0 aliphatic carbocycles. The first-order valence-corrected chi connectivity index (χ1v) is 10.4. The fourth-order valence-electron chi connectivity index (χ4n) is 3.10. The van der Waals surface area contributed by atoms with E-state index in [2.05, 4.69) is 25.6 Å². The number of rotatable bonds is 6. The minimum absolute atomic E-state index is 0.238. The Hall–Kier alpha value is -3.92. The molecule has 1 amide bonds. The number of hydrogen-bond donors (Lipinski definition) is 1. The lowest BCUT2D eigenvalue weighted by atomic mass is 10.2. The zero-order valence-electron chi connectivity index (χ0n) is 16.1. The Kier molecular flexibility index (Phi) is 4.97. The fraction of sp³-hybridized carbons (Fsp3) is 0.0952. The normalized spacial score (nSPS) is 11.1. The molecule has 5 aromatic rings. The smallest absolute Gasteiger partial charge is 0.273 e. The second-order valence-electron chi connectivity index (χ2n) is 6.70. The van der Waals surface area contributed by atoms with E-state index in [1.54, 1.807) is 22.7 Å². The van der Waals surface area contributed by atoms with Crippen molar-refractivity contribution in [3.05, 3.63) is 83.4 Å². The summed E-state index contributed by atoms with van der Waals surface area (Å²) in [6.07, 6.45) is 1.97. The number of nitrogens with zero attached hydrogens (tertiary/aromatic N) is 6. The van der Waals surface area contributed by atoms with E-state index >= 15 is 0 Å². The third kappa shape index (κ3) is 3.80. The molecule has 0 aliphatic rings. The molecule has 0 aliphatic heterocycles. The van der Waals surface area contributed by atoms with Crippen LogP contribution in [0.3, 0.4) is 0 Å². The molecule has 3 heterocycles. The van der Waals surface area contributed by atoms with E-state index in [1.165, 1.54) is 28.4 Å². The molecule has 0 saturated carbocycles. The van der Waals surface area contributed by atoms with Gasteiger partial charge in [0.1, 0.15) is 5.82 Å². The first-order valence-electron chi connectivity index (χ1n) is 9.53. The van der Waals surface area contributed by atoms with Gasteiger partial charge in [-0.25, -0.2) is 8.91 Å². The summed E-state index contributed by atoms with van der Waals surface area (Å²) in [6, 6.07) is 15.8. The van der Waals surface area contributed by atoms with Gasteiger partial charge in [0.2, 0.25) is 4.96 Å². The predicted molar refractivity (Wildman–Crippen MR) is 114 cm³/mol. The van der Waals surface area contributed by atoms with Crippen molar-refractivity contribution in [2.45, 2.75) is 6.42 Å². The molecule has 154 valence electrons. The molecule has 0 saturated heterocycles. The van der Waals surface area contributed by atoms with Crippen LogP contribution in [0, 0.1) is 5.82 Å². The van der Waals surface area contributed by atoms with Crippen LogP contribution in [-0.4, -0.2) is 42.0 Å². The number of carbonyl (C=O) groups is 1. The molecule has 0 spiro atoms. The van der Waals surface area contributed by atoms with Gasteiger partial charge in [-0.2, -0.15) is 14.9 Å². The topological polar surface area (TPSA) is 90.0 Å². The third-order valence-corrected chi connectivity index (χ3v) is 5.51. The Morgan fingerprint density at radius 3 is 2.71 bits per heavy atom. The maximum absolute atomic E-state index is 14.0. The number of halogens is 1. The third-order valence-electron chi connectivity index (χ3n) is 4.64. The lowest BCUT2D eigenvalue weighted by molar-refractivity contribution is 0.0948. The molecule has 10 heteroatoms. The minimum Gasteiger partial charge on any atom is -0.350 e. The van der Waals surface area contributed by atoms with Gasteiger partial charge in [0.05, 0.1) is 23.1 Å². The molecular weight excluding hydrogens is 417 g/mol. The van der Waals surface area contributed by atoms with Crippen LogP contribution < -0.4 is 5.32 Å². The second-order valence-corrected chi connectivity index (χ2v) is 7.53. The molecule has 0 bridgehead atoms. The maximum Gasteiger partial charge on any atom is 0.273 e. The highest BCUT2D eigenvalue weighted by Gasteiger charge is 2.15. The van der Waals surface area contributed by atoms with E-state index in [4.69, 9.17) is 0 Å². The Bertz CT molecular complexity index is 1360. The molecule has 0 radical (unpaired) electrons. The van der Waals surface area contributed by atoms with Gasteiger partial charge < -0.3 is 5.32 Å². The van der Waals surface area contributed by atoms with Gasteiger partial charge in [0.15, 0.2) is 11.5 Å². The van der Waals surface area contributed by atoms with E-state index in [-0.39, 0.29) is 17.4 Å². The predicted octanol–water partition coefficient (Wildman–Crippen LogP) is 3.15. The largest absolute Gasteiger partial charge is 0.350 e. The van der Waals surface area contributed by atoms with Crippen molar-refractivity contribution in [3.63, 3.8) is 0 Å². The summed E-state index contributed by atoms with van der Waals surface area (Å²) in [7, 11) is 0. The number of thiazole rings is 1. The van der Waals surface area contributed by atoms with Crippen LogP contribution in [0.1, 0.15) is 16.2 Å². The average molecular weight is 433 g/mol. The lowest BCUT2D eigenvalue weighted by Crippen LogP contribution is -2.26. The first kappa shape index (κ1) is 19.1. The van der Waals surface area contributed by atoms with Crippen molar-refractivity contribution >= 4 is 22.2 Å². The van der Waals surface area contributed by atoms with E-state index in [0.29, 0.717) is 29.3 Å². The molecule has 0 atom stereocenters. The van der Waals surface area contributed by atoms with Gasteiger partial charge in [-0.05, 0) is 24.3 Å². The van der Waals surface area contributed by atoms with E-state index < -0.39 is 0 Å². The summed E-state index contributed by atoms with van der Waals surface area (Å²) in [5.41, 5.74) is 2.25. The number of hydrogen-bond acceptors (Lipinski definition) is 6. The highest BCUT2D eigenvalue weighted by molar-refractivity contribution is 7.15. The summed E-state index contributed by atoms with van der Waals surface area (Å²) >= 11 is 1.42. The van der Waals surface area contributed by atoms with Crippen LogP contribution in [-0.2, 0) is 6.42 Å². The quantitative estimate of drug-likeness (QED) is 0.444. The second kappa shape index (κ2) is 8.07. The highest BCUT2D eigenvalue weighted by Crippen LogP contribution is 2.23. The molecule has 5 rings (SSSR count). The van der Waals surface area contributed by atoms with Gasteiger partial charge >= 0.3 is 0 Å². The standard InChI is InChI=1S/C21H16FN7OS/c22-17-9-5-4-8-16(17)19-25-21-28(27-19)15(13-31-21)10-11-23-20(30)18-12-24-29(26-18)14-6-2-1-3-7-14/h1-9,12-13H,10-11H2,(H,23,30). The van der Waals surface area contributed by atoms with Crippen LogP contribution in [0.2, 0.25) is 0 Å². The molecular formula is C21H16FN7OS. The molecule has 3 aromatic heterocycles. The number of nitrogens with one attached hydrogen (secondary N) is 1. The molecule has 1 N–H and O–H groups in total. The van der Waals surface area contributed by atoms with E-state index in [1.807, 2.05) is 35.7 Å². The van der Waals surface area contributed by atoms with Gasteiger partial charge in [0.25, 0.3) is 5.91 Å². The van der Waals surface area contributed by atoms with Crippen molar-refractivity contribution in [2.24, 2.45) is 0 Å². The number of fused-ring (bicyclic) bond motifs is 1. The summed E-state index contributed by atoms with van der Waals surface area (Å²) in [6.45, 7) is 0.387. The Morgan fingerprint density at radius 2 is 1.87 bits per heavy atom. The van der Waals surface area contributed by atoms with Crippen LogP contribution in [0.15, 0.2) is 66.2 Å². The van der Waals surface area contributed by atoms with Crippen LogP contribution in [0.4, 0.5) is 4.39 Å². The minimum atomic E-state index is -0.363. The number of benzene rings is 2. The fourth-order valence-corrected chi connectivity index (χ4v) is 3.96. The average Bonchev–Trinajstić information content (AvgIpc) is 3.52. The van der Waals surface area contributed by atoms with Crippen molar-refractivity contribution < 1.29 is 9.18 Å². The highest BCUT2D eigenvalue weighted by atomic mass is 32.1. The summed E-state index contributed by atoms with van der Waals surface area (Å²) in [5.74, 6) is -0.329. The number of amides is 1. The van der Waals surface area contributed by atoms with Crippen LogP contribution in [0.5, 0.6) is 0 Å². The zero-order chi connectivity index (χ0) is 21.2. The van der Waals surface area contributed by atoms with Crippen LogP contribution >= 0.6 is 11.3 Å². The number of para-hydroxylation sites is 1. The molecule has 2 aromatic carbocycles. The maximum atomic E-state index is 14.0. The first-order chi connectivity index (χ1) is 15.2. The van der Waals surface area contributed by atoms with Gasteiger partial charge in [-0.15, -0.1) is 21.5 Å². The molecule has 31 heavy (non-hydrogen) atoms. The van der Waals surface area contributed by atoms with Gasteiger partial charge in [-0.3, -0.25) is 4.79 Å². The monoisotopic (exact) mass is 433 g/mol. The van der Waals surface area contributed by atoms with Crippen molar-refractivity contribution in [1.82, 2.24) is 34.9 Å². The number of carbonyl (C=O) groups excluding carboxylic acids is 1. The summed E-state index contributed by atoms with van der Waals surface area (Å²) in [5, 5.41) is 17.6. The Balaban J connectivity index is 1.25. The Morgan fingerprint density at radius 1 is 1.06 bits per heavy atom. The summed E-state index contributed by atoms with van der Waals surface area (Å²) < 4.78 is 15.7. The molecule has 8 nitrogen and oxygen atoms in total. The summed E-state index contributed by atoms with van der Waals surface area (Å²) in [4.78, 5) is 18.9. The van der Waals surface area contributed by atoms with Gasteiger partial charge in [-0.1, -0.05) is 30.3 Å². The number of aromatic nitrogens is 6.